The topological polar surface area (TPSA) is 38.3 Å². The number of hydrogen-bond acceptors (Lipinski definition) is 3. The number of carbonyl (C=O) groups excluding carboxylic acids is 1. The maximum absolute atomic E-state index is 11.0. The van der Waals surface area contributed by atoms with E-state index in [2.05, 4.69) is 11.9 Å². The van der Waals surface area contributed by atoms with Gasteiger partial charge in [0, 0.05) is 6.42 Å². The average molecular weight is 171 g/mol. The highest BCUT2D eigenvalue weighted by Crippen LogP contribution is 2.14. The van der Waals surface area contributed by atoms with E-state index in [4.69, 9.17) is 4.74 Å². The van der Waals surface area contributed by atoms with Crippen molar-refractivity contribution >= 4 is 5.97 Å². The fraction of sp³-hybridized carbons (Fsp3) is 0.667. The molecule has 0 radical (unpaired) electrons. The number of likely N-dealkylation sites (N-methyl/N-ethyl adjacent to an activating group) is 1. The van der Waals surface area contributed by atoms with Crippen molar-refractivity contribution in [3.8, 4) is 0 Å². The van der Waals surface area contributed by atoms with Gasteiger partial charge in [0.25, 0.3) is 0 Å². The fourth-order valence-electron chi connectivity index (χ4n) is 0.878. The van der Waals surface area contributed by atoms with Crippen LogP contribution in [0.4, 0.5) is 0 Å². The van der Waals surface area contributed by atoms with Crippen LogP contribution in [0.25, 0.3) is 0 Å². The smallest absolute Gasteiger partial charge is 0.320 e. The molecule has 0 unspecified atom stereocenters. The second-order valence-corrected chi connectivity index (χ2v) is 3.26. The van der Waals surface area contributed by atoms with Crippen LogP contribution in [0.1, 0.15) is 20.3 Å². The van der Waals surface area contributed by atoms with E-state index in [-0.39, 0.29) is 12.5 Å². The van der Waals surface area contributed by atoms with Gasteiger partial charge >= 0.3 is 5.97 Å². The molecule has 12 heavy (non-hydrogen) atoms. The minimum Gasteiger partial charge on any atom is -0.458 e. The van der Waals surface area contributed by atoms with Gasteiger partial charge in [0.2, 0.25) is 0 Å². The van der Waals surface area contributed by atoms with E-state index in [1.807, 2.05) is 13.8 Å². The van der Waals surface area contributed by atoms with Crippen molar-refractivity contribution in [3.05, 3.63) is 12.7 Å². The molecule has 1 N–H and O–H groups in total. The second kappa shape index (κ2) is 4.93. The number of nitrogens with one attached hydrogen (secondary N) is 1. The zero-order chi connectivity index (χ0) is 9.61. The Morgan fingerprint density at radius 2 is 2.25 bits per heavy atom. The van der Waals surface area contributed by atoms with E-state index in [0.717, 1.165) is 0 Å². The van der Waals surface area contributed by atoms with Crippen molar-refractivity contribution in [2.75, 3.05) is 13.6 Å². The Balaban J connectivity index is 3.87. The molecule has 70 valence electrons. The predicted molar refractivity (Wildman–Crippen MR) is 48.9 cm³/mol. The average Bonchev–Trinajstić information content (AvgIpc) is 1.85. The lowest BCUT2D eigenvalue weighted by Gasteiger charge is -2.23. The monoisotopic (exact) mass is 171 g/mol. The van der Waals surface area contributed by atoms with E-state index in [0.29, 0.717) is 6.42 Å². The molecule has 0 amide bonds. The van der Waals surface area contributed by atoms with Crippen LogP contribution in [0.5, 0.6) is 0 Å². The molecule has 3 nitrogen and oxygen atoms in total. The molecule has 0 aliphatic carbocycles. The lowest BCUT2D eigenvalue weighted by atomic mass is 10.1. The summed E-state index contributed by atoms with van der Waals surface area (Å²) in [6, 6.07) is 0. The Morgan fingerprint density at radius 3 is 2.67 bits per heavy atom. The van der Waals surface area contributed by atoms with Crippen LogP contribution in [0.15, 0.2) is 12.7 Å². The molecule has 0 aliphatic rings. The molecule has 3 heteroatoms. The van der Waals surface area contributed by atoms with Gasteiger partial charge in [-0.2, -0.15) is 0 Å². The van der Waals surface area contributed by atoms with Crippen molar-refractivity contribution in [1.82, 2.24) is 5.32 Å². The van der Waals surface area contributed by atoms with Crippen LogP contribution in [0.2, 0.25) is 0 Å². The second-order valence-electron chi connectivity index (χ2n) is 3.26. The van der Waals surface area contributed by atoms with Gasteiger partial charge in [-0.1, -0.05) is 6.08 Å². The van der Waals surface area contributed by atoms with Crippen LogP contribution in [0.3, 0.4) is 0 Å². The third-order valence-corrected chi connectivity index (χ3v) is 1.35. The van der Waals surface area contributed by atoms with Gasteiger partial charge in [0.1, 0.15) is 5.60 Å². The van der Waals surface area contributed by atoms with Crippen LogP contribution >= 0.6 is 0 Å². The Morgan fingerprint density at radius 1 is 1.67 bits per heavy atom. The van der Waals surface area contributed by atoms with Crippen LogP contribution in [0, 0.1) is 0 Å². The molecule has 0 aliphatic heterocycles. The van der Waals surface area contributed by atoms with Gasteiger partial charge in [-0.25, -0.2) is 0 Å². The van der Waals surface area contributed by atoms with Crippen molar-refractivity contribution in [1.29, 1.82) is 0 Å². The third-order valence-electron chi connectivity index (χ3n) is 1.35. The number of rotatable bonds is 5. The van der Waals surface area contributed by atoms with Gasteiger partial charge in [0.05, 0.1) is 6.54 Å². The van der Waals surface area contributed by atoms with Crippen LogP contribution < -0.4 is 5.32 Å². The maximum atomic E-state index is 11.0. The Hall–Kier alpha value is -0.830. The summed E-state index contributed by atoms with van der Waals surface area (Å²) in [6.45, 7) is 7.57. The van der Waals surface area contributed by atoms with E-state index in [9.17, 15) is 4.79 Å². The van der Waals surface area contributed by atoms with E-state index >= 15 is 0 Å². The quantitative estimate of drug-likeness (QED) is 0.497. The lowest BCUT2D eigenvalue weighted by molar-refractivity contribution is -0.154. The first-order valence-corrected chi connectivity index (χ1v) is 3.99. The normalized spacial score (nSPS) is 10.9. The Bertz CT molecular complexity index is 164. The maximum Gasteiger partial charge on any atom is 0.320 e. The largest absolute Gasteiger partial charge is 0.458 e. The first-order chi connectivity index (χ1) is 5.52. The van der Waals surface area contributed by atoms with Gasteiger partial charge in [-0.15, -0.1) is 6.58 Å². The Labute approximate surface area is 73.8 Å². The minimum absolute atomic E-state index is 0.232. The zero-order valence-electron chi connectivity index (χ0n) is 8.02. The van der Waals surface area contributed by atoms with Crippen molar-refractivity contribution < 1.29 is 9.53 Å². The minimum atomic E-state index is -0.435. The molecule has 0 saturated heterocycles. The molecule has 0 fully saturated rings. The third kappa shape index (κ3) is 4.91. The summed E-state index contributed by atoms with van der Waals surface area (Å²) >= 11 is 0. The summed E-state index contributed by atoms with van der Waals surface area (Å²) in [5, 5.41) is 2.73. The number of esters is 1. The molecule has 0 aromatic carbocycles. The van der Waals surface area contributed by atoms with E-state index < -0.39 is 5.60 Å². The highest BCUT2D eigenvalue weighted by atomic mass is 16.6. The zero-order valence-corrected chi connectivity index (χ0v) is 8.02. The van der Waals surface area contributed by atoms with Gasteiger partial charge in [-0.05, 0) is 20.9 Å². The molecule has 0 aromatic rings. The summed E-state index contributed by atoms with van der Waals surface area (Å²) < 4.78 is 5.15. The van der Waals surface area contributed by atoms with Crippen LogP contribution in [-0.4, -0.2) is 25.2 Å². The molecule has 0 rings (SSSR count). The summed E-state index contributed by atoms with van der Waals surface area (Å²) in [4.78, 5) is 11.0. The number of carbonyl (C=O) groups is 1. The standard InChI is InChI=1S/C9H17NO2/c1-5-6-9(2,3)12-8(11)7-10-4/h5,10H,1,6-7H2,2-4H3. The number of ether oxygens (including phenoxy) is 1. The van der Waals surface area contributed by atoms with E-state index in [1.165, 1.54) is 0 Å². The SMILES string of the molecule is C=CCC(C)(C)OC(=O)CNC. The van der Waals surface area contributed by atoms with Crippen LogP contribution in [-0.2, 0) is 9.53 Å². The summed E-state index contributed by atoms with van der Waals surface area (Å²) in [5.41, 5.74) is -0.435. The summed E-state index contributed by atoms with van der Waals surface area (Å²) in [5.74, 6) is -0.232. The van der Waals surface area contributed by atoms with Gasteiger partial charge in [0.15, 0.2) is 0 Å². The van der Waals surface area contributed by atoms with Crippen molar-refractivity contribution in [2.24, 2.45) is 0 Å². The molecule has 0 bridgehead atoms. The highest BCUT2D eigenvalue weighted by Gasteiger charge is 2.20. The molecule has 0 heterocycles. The summed E-state index contributed by atoms with van der Waals surface area (Å²) in [7, 11) is 1.71. The molecule has 0 aromatic heterocycles. The first kappa shape index (κ1) is 11.2. The molecule has 0 saturated carbocycles. The molecule has 0 atom stereocenters. The number of hydrogen-bond donors (Lipinski definition) is 1. The highest BCUT2D eigenvalue weighted by molar-refractivity contribution is 5.72. The Kier molecular flexibility index (Phi) is 4.59. The lowest BCUT2D eigenvalue weighted by Crippen LogP contribution is -2.32. The van der Waals surface area contributed by atoms with Crippen molar-refractivity contribution in [3.63, 3.8) is 0 Å². The molecule has 0 spiro atoms. The van der Waals surface area contributed by atoms with E-state index in [1.54, 1.807) is 13.1 Å². The van der Waals surface area contributed by atoms with Gasteiger partial charge in [-0.3, -0.25) is 4.79 Å². The van der Waals surface area contributed by atoms with Crippen molar-refractivity contribution in [2.45, 2.75) is 25.9 Å². The van der Waals surface area contributed by atoms with Gasteiger partial charge < -0.3 is 10.1 Å². The predicted octanol–water partition coefficient (Wildman–Crippen LogP) is 1.10. The molecular formula is C9H17NO2. The molecular weight excluding hydrogens is 154 g/mol. The first-order valence-electron chi connectivity index (χ1n) is 3.99. The summed E-state index contributed by atoms with van der Waals surface area (Å²) in [6.07, 6.45) is 2.41. The fourth-order valence-corrected chi connectivity index (χ4v) is 0.878.